The number of rotatable bonds is 5. The van der Waals surface area contributed by atoms with Gasteiger partial charge in [0.1, 0.15) is 5.82 Å². The third kappa shape index (κ3) is 3.64. The van der Waals surface area contributed by atoms with Crippen LogP contribution in [0.25, 0.3) is 10.8 Å². The zero-order chi connectivity index (χ0) is 21.1. The van der Waals surface area contributed by atoms with Gasteiger partial charge in [-0.3, -0.25) is 9.59 Å². The van der Waals surface area contributed by atoms with Crippen molar-refractivity contribution in [3.63, 3.8) is 0 Å². The fraction of sp³-hybridized carbons (Fsp3) is 0.263. The number of amides is 1. The second-order valence-corrected chi connectivity index (χ2v) is 6.67. The Bertz CT molecular complexity index is 1180. The van der Waals surface area contributed by atoms with Gasteiger partial charge in [-0.1, -0.05) is 18.2 Å². The molecule has 1 saturated heterocycles. The summed E-state index contributed by atoms with van der Waals surface area (Å²) >= 11 is 0. The van der Waals surface area contributed by atoms with Crippen LogP contribution in [-0.2, 0) is 0 Å². The van der Waals surface area contributed by atoms with Gasteiger partial charge in [-0.25, -0.2) is 10.5 Å². The molecule has 1 fully saturated rings. The van der Waals surface area contributed by atoms with Gasteiger partial charge in [0.05, 0.1) is 24.3 Å². The Kier molecular flexibility index (Phi) is 5.24. The maximum Gasteiger partial charge on any atom is 0.292 e. The Morgan fingerprint density at radius 3 is 2.73 bits per heavy atom. The Labute approximate surface area is 171 Å². The SMILES string of the molecule is COc1nc(N)nc(N2CCCC2)c1/C=N/NC(=O)c1n[nH]c(=O)c2ccccc12. The number of hydrazone groups is 1. The van der Waals surface area contributed by atoms with Crippen molar-refractivity contribution in [3.8, 4) is 5.88 Å². The number of aromatic amines is 1. The summed E-state index contributed by atoms with van der Waals surface area (Å²) in [6.45, 7) is 1.67. The summed E-state index contributed by atoms with van der Waals surface area (Å²) in [6, 6.07) is 6.71. The van der Waals surface area contributed by atoms with Gasteiger partial charge in [-0.15, -0.1) is 0 Å². The molecule has 1 amide bonds. The number of ether oxygens (including phenoxy) is 1. The number of nitrogens with zero attached hydrogens (tertiary/aromatic N) is 5. The number of nitrogens with one attached hydrogen (secondary N) is 2. The molecule has 4 N–H and O–H groups in total. The first-order chi connectivity index (χ1) is 14.6. The zero-order valence-electron chi connectivity index (χ0n) is 16.3. The zero-order valence-corrected chi connectivity index (χ0v) is 16.3. The number of nitrogens with two attached hydrogens (primary N) is 1. The van der Waals surface area contributed by atoms with E-state index in [9.17, 15) is 9.59 Å². The Hall–Kier alpha value is -4.02. The molecule has 0 bridgehead atoms. The van der Waals surface area contributed by atoms with Gasteiger partial charge in [-0.2, -0.15) is 20.2 Å². The third-order valence-electron chi connectivity index (χ3n) is 4.78. The maximum atomic E-state index is 12.6. The fourth-order valence-corrected chi connectivity index (χ4v) is 3.39. The highest BCUT2D eigenvalue weighted by Crippen LogP contribution is 2.28. The minimum absolute atomic E-state index is 0.0580. The molecule has 4 rings (SSSR count). The van der Waals surface area contributed by atoms with Crippen molar-refractivity contribution in [2.45, 2.75) is 12.8 Å². The summed E-state index contributed by atoms with van der Waals surface area (Å²) in [5.74, 6) is 0.382. The normalized spacial score (nSPS) is 13.8. The summed E-state index contributed by atoms with van der Waals surface area (Å²) in [4.78, 5) is 35.0. The van der Waals surface area contributed by atoms with Gasteiger partial charge in [-0.05, 0) is 18.9 Å². The number of carbonyl (C=O) groups is 1. The van der Waals surface area contributed by atoms with Gasteiger partial charge in [0, 0.05) is 18.5 Å². The van der Waals surface area contributed by atoms with Crippen molar-refractivity contribution >= 4 is 34.7 Å². The van der Waals surface area contributed by atoms with Crippen LogP contribution in [0.1, 0.15) is 28.9 Å². The Balaban J connectivity index is 1.63. The number of benzene rings is 1. The number of hydrogen-bond donors (Lipinski definition) is 3. The molecule has 1 aromatic carbocycles. The van der Waals surface area contributed by atoms with E-state index in [2.05, 4.69) is 35.6 Å². The molecule has 30 heavy (non-hydrogen) atoms. The molecule has 3 aromatic rings. The summed E-state index contributed by atoms with van der Waals surface area (Å²) in [5, 5.41) is 11.0. The van der Waals surface area contributed by atoms with E-state index in [0.29, 0.717) is 22.2 Å². The average molecular weight is 408 g/mol. The number of H-pyrrole nitrogens is 1. The predicted octanol–water partition coefficient (Wildman–Crippen LogP) is 0.668. The molecule has 0 aliphatic carbocycles. The molecule has 0 unspecified atom stereocenters. The predicted molar refractivity (Wildman–Crippen MR) is 112 cm³/mol. The standard InChI is InChI=1S/C19H20N8O3/c1-30-18-13(15(22-19(20)23-18)27-8-4-5-9-27)10-21-25-17(29)14-11-6-2-3-7-12(11)16(28)26-24-14/h2-3,6-7,10H,4-5,8-9H2,1H3,(H,25,29)(H,26,28)(H2,20,22,23)/b21-10+. The van der Waals surface area contributed by atoms with E-state index < -0.39 is 5.91 Å². The van der Waals surface area contributed by atoms with Gasteiger partial charge < -0.3 is 15.4 Å². The van der Waals surface area contributed by atoms with E-state index in [1.165, 1.54) is 13.3 Å². The lowest BCUT2D eigenvalue weighted by molar-refractivity contribution is 0.0951. The van der Waals surface area contributed by atoms with E-state index in [0.717, 1.165) is 25.9 Å². The highest BCUT2D eigenvalue weighted by molar-refractivity contribution is 6.05. The smallest absolute Gasteiger partial charge is 0.292 e. The maximum absolute atomic E-state index is 12.6. The van der Waals surface area contributed by atoms with Gasteiger partial charge in [0.15, 0.2) is 5.69 Å². The van der Waals surface area contributed by atoms with Crippen molar-refractivity contribution in [3.05, 3.63) is 45.9 Å². The Morgan fingerprint density at radius 1 is 1.27 bits per heavy atom. The van der Waals surface area contributed by atoms with E-state index in [1.807, 2.05) is 0 Å². The van der Waals surface area contributed by atoms with Crippen LogP contribution in [0.2, 0.25) is 0 Å². The number of methoxy groups -OCH3 is 1. The molecule has 0 atom stereocenters. The van der Waals surface area contributed by atoms with Crippen molar-refractivity contribution in [1.29, 1.82) is 0 Å². The lowest BCUT2D eigenvalue weighted by atomic mass is 10.1. The molecular weight excluding hydrogens is 388 g/mol. The van der Waals surface area contributed by atoms with Crippen LogP contribution in [0.3, 0.4) is 0 Å². The highest BCUT2D eigenvalue weighted by atomic mass is 16.5. The monoisotopic (exact) mass is 408 g/mol. The molecule has 1 aliphatic rings. The summed E-state index contributed by atoms with van der Waals surface area (Å²) in [7, 11) is 1.47. The molecule has 1 aliphatic heterocycles. The van der Waals surface area contributed by atoms with Crippen LogP contribution in [0.5, 0.6) is 5.88 Å². The van der Waals surface area contributed by atoms with Gasteiger partial charge in [0.2, 0.25) is 11.8 Å². The molecule has 0 saturated carbocycles. The van der Waals surface area contributed by atoms with Crippen LogP contribution in [0.4, 0.5) is 11.8 Å². The van der Waals surface area contributed by atoms with E-state index >= 15 is 0 Å². The first-order valence-electron chi connectivity index (χ1n) is 9.35. The van der Waals surface area contributed by atoms with E-state index in [4.69, 9.17) is 10.5 Å². The van der Waals surface area contributed by atoms with Crippen molar-refractivity contribution in [2.24, 2.45) is 5.10 Å². The third-order valence-corrected chi connectivity index (χ3v) is 4.78. The van der Waals surface area contributed by atoms with Gasteiger partial charge in [0.25, 0.3) is 11.5 Å². The second kappa shape index (κ2) is 8.15. The van der Waals surface area contributed by atoms with Crippen LogP contribution in [0.15, 0.2) is 34.2 Å². The van der Waals surface area contributed by atoms with Crippen LogP contribution >= 0.6 is 0 Å². The number of anilines is 2. The van der Waals surface area contributed by atoms with Crippen molar-refractivity contribution in [2.75, 3.05) is 30.8 Å². The second-order valence-electron chi connectivity index (χ2n) is 6.67. The number of hydrogen-bond acceptors (Lipinski definition) is 9. The molecule has 0 radical (unpaired) electrons. The average Bonchev–Trinajstić information content (AvgIpc) is 3.29. The van der Waals surface area contributed by atoms with Crippen molar-refractivity contribution < 1.29 is 9.53 Å². The molecule has 0 spiro atoms. The minimum Gasteiger partial charge on any atom is -0.480 e. The topological polar surface area (TPSA) is 151 Å². The Morgan fingerprint density at radius 2 is 2.00 bits per heavy atom. The van der Waals surface area contributed by atoms with Crippen molar-refractivity contribution in [1.82, 2.24) is 25.6 Å². The van der Waals surface area contributed by atoms with Crippen LogP contribution in [0, 0.1) is 0 Å². The lowest BCUT2D eigenvalue weighted by Gasteiger charge is -2.19. The lowest BCUT2D eigenvalue weighted by Crippen LogP contribution is -2.24. The van der Waals surface area contributed by atoms with E-state index in [1.54, 1.807) is 24.3 Å². The minimum atomic E-state index is -0.572. The number of carbonyl (C=O) groups excluding carboxylic acids is 1. The van der Waals surface area contributed by atoms with Gasteiger partial charge >= 0.3 is 0 Å². The highest BCUT2D eigenvalue weighted by Gasteiger charge is 2.21. The number of aromatic nitrogens is 4. The molecule has 11 heteroatoms. The largest absolute Gasteiger partial charge is 0.480 e. The number of fused-ring (bicyclic) bond motifs is 1. The first kappa shape index (κ1) is 19.3. The van der Waals surface area contributed by atoms with Crippen LogP contribution < -0.4 is 26.4 Å². The van der Waals surface area contributed by atoms with Crippen LogP contribution in [-0.4, -0.2) is 52.5 Å². The number of nitrogen functional groups attached to an aromatic ring is 1. The molecule has 11 nitrogen and oxygen atoms in total. The quantitative estimate of drug-likeness (QED) is 0.411. The molecular formula is C19H20N8O3. The summed E-state index contributed by atoms with van der Waals surface area (Å²) < 4.78 is 5.33. The fourth-order valence-electron chi connectivity index (χ4n) is 3.39. The molecule has 2 aromatic heterocycles. The summed E-state index contributed by atoms with van der Waals surface area (Å²) in [6.07, 6.45) is 3.51. The molecule has 154 valence electrons. The van der Waals surface area contributed by atoms with E-state index in [-0.39, 0.29) is 23.1 Å². The molecule has 3 heterocycles. The summed E-state index contributed by atoms with van der Waals surface area (Å²) in [5.41, 5.74) is 8.43. The first-order valence-corrected chi connectivity index (χ1v) is 9.35.